The molecule has 1 aromatic carbocycles. The third-order valence-electron chi connectivity index (χ3n) is 3.46. The number of allylic oxidation sites excluding steroid dienone is 1. The summed E-state index contributed by atoms with van der Waals surface area (Å²) in [6.45, 7) is 0. The first kappa shape index (κ1) is 11.3. The first-order valence-electron chi connectivity index (χ1n) is 5.82. The molecule has 0 heterocycles. The Morgan fingerprint density at radius 1 is 1.00 bits per heavy atom. The fourth-order valence-corrected chi connectivity index (χ4v) is 2.48. The third-order valence-corrected chi connectivity index (χ3v) is 3.46. The maximum Gasteiger partial charge on any atom is 0.123 e. The first-order chi connectivity index (χ1) is 7.79. The molecule has 86 valence electrons. The Balaban J connectivity index is 1.96. The van der Waals surface area contributed by atoms with Gasteiger partial charge in [-0.3, -0.25) is 0 Å². The predicted octanol–water partition coefficient (Wildman–Crippen LogP) is 4.58. The van der Waals surface area contributed by atoms with E-state index in [1.54, 1.807) is 6.08 Å². The van der Waals surface area contributed by atoms with Crippen LogP contribution in [0.5, 0.6) is 0 Å². The molecule has 16 heavy (non-hydrogen) atoms. The standard InChI is InChI=1S/C14H16F2/c15-10-9-11-1-3-12(4-2-11)13-5-7-14(16)8-6-13/h5-12H,1-4H2/t11-,12-. The van der Waals surface area contributed by atoms with Gasteiger partial charge in [0.05, 0.1) is 6.33 Å². The van der Waals surface area contributed by atoms with E-state index in [2.05, 4.69) is 0 Å². The fraction of sp³-hybridized carbons (Fsp3) is 0.429. The smallest absolute Gasteiger partial charge is 0.123 e. The monoisotopic (exact) mass is 222 g/mol. The summed E-state index contributed by atoms with van der Waals surface area (Å²) >= 11 is 0. The summed E-state index contributed by atoms with van der Waals surface area (Å²) in [6.07, 6.45) is 6.51. The molecule has 2 heteroatoms. The van der Waals surface area contributed by atoms with E-state index < -0.39 is 0 Å². The van der Waals surface area contributed by atoms with Gasteiger partial charge in [0.25, 0.3) is 0 Å². The van der Waals surface area contributed by atoms with Gasteiger partial charge in [-0.25, -0.2) is 8.78 Å². The van der Waals surface area contributed by atoms with Gasteiger partial charge in [-0.15, -0.1) is 0 Å². The van der Waals surface area contributed by atoms with Gasteiger partial charge in [0.2, 0.25) is 0 Å². The van der Waals surface area contributed by atoms with Crippen molar-refractivity contribution >= 4 is 0 Å². The second-order valence-corrected chi connectivity index (χ2v) is 4.48. The van der Waals surface area contributed by atoms with Crippen LogP contribution in [0.2, 0.25) is 0 Å². The molecule has 0 spiro atoms. The van der Waals surface area contributed by atoms with Crippen molar-refractivity contribution in [2.24, 2.45) is 5.92 Å². The van der Waals surface area contributed by atoms with E-state index in [1.807, 2.05) is 12.1 Å². The maximum atomic E-state index is 12.8. The lowest BCUT2D eigenvalue weighted by Crippen LogP contribution is -2.11. The summed E-state index contributed by atoms with van der Waals surface area (Å²) in [5.41, 5.74) is 1.21. The average molecular weight is 222 g/mol. The molecule has 0 N–H and O–H groups in total. The Labute approximate surface area is 95.0 Å². The second-order valence-electron chi connectivity index (χ2n) is 4.48. The summed E-state index contributed by atoms with van der Waals surface area (Å²) in [5.74, 6) is 0.726. The number of rotatable bonds is 2. The van der Waals surface area contributed by atoms with Gasteiger partial charge in [-0.2, -0.15) is 0 Å². The predicted molar refractivity (Wildman–Crippen MR) is 61.3 cm³/mol. The maximum absolute atomic E-state index is 12.8. The van der Waals surface area contributed by atoms with Gasteiger partial charge in [0.1, 0.15) is 5.82 Å². The van der Waals surface area contributed by atoms with E-state index >= 15 is 0 Å². The number of hydrogen-bond acceptors (Lipinski definition) is 0. The molecule has 2 rings (SSSR count). The zero-order valence-electron chi connectivity index (χ0n) is 9.20. The van der Waals surface area contributed by atoms with E-state index in [9.17, 15) is 8.78 Å². The summed E-state index contributed by atoms with van der Waals surface area (Å²) in [5, 5.41) is 0. The molecule has 1 saturated carbocycles. The molecule has 1 aliphatic carbocycles. The van der Waals surface area contributed by atoms with Crippen molar-refractivity contribution in [3.8, 4) is 0 Å². The highest BCUT2D eigenvalue weighted by atomic mass is 19.1. The number of hydrogen-bond donors (Lipinski definition) is 0. The Morgan fingerprint density at radius 2 is 1.62 bits per heavy atom. The normalized spacial score (nSPS) is 26.1. The zero-order chi connectivity index (χ0) is 11.4. The van der Waals surface area contributed by atoms with E-state index in [-0.39, 0.29) is 5.82 Å². The van der Waals surface area contributed by atoms with Crippen molar-refractivity contribution in [3.63, 3.8) is 0 Å². The molecular weight excluding hydrogens is 206 g/mol. The fourth-order valence-electron chi connectivity index (χ4n) is 2.48. The van der Waals surface area contributed by atoms with Crippen molar-refractivity contribution < 1.29 is 8.78 Å². The lowest BCUT2D eigenvalue weighted by Gasteiger charge is -2.26. The van der Waals surface area contributed by atoms with Gasteiger partial charge in [-0.1, -0.05) is 18.2 Å². The van der Waals surface area contributed by atoms with Crippen molar-refractivity contribution in [2.75, 3.05) is 0 Å². The largest absolute Gasteiger partial charge is 0.216 e. The molecule has 0 atom stereocenters. The lowest BCUT2D eigenvalue weighted by atomic mass is 9.79. The molecule has 1 fully saturated rings. The van der Waals surface area contributed by atoms with Crippen LogP contribution in [0.1, 0.15) is 37.2 Å². The Morgan fingerprint density at radius 3 is 2.19 bits per heavy atom. The summed E-state index contributed by atoms with van der Waals surface area (Å²) in [6, 6.07) is 6.77. The second kappa shape index (κ2) is 5.24. The summed E-state index contributed by atoms with van der Waals surface area (Å²) in [4.78, 5) is 0. The molecule has 0 amide bonds. The number of benzene rings is 1. The van der Waals surface area contributed by atoms with Gasteiger partial charge < -0.3 is 0 Å². The Hall–Kier alpha value is -1.18. The van der Waals surface area contributed by atoms with Crippen LogP contribution in [-0.4, -0.2) is 0 Å². The highest BCUT2D eigenvalue weighted by Gasteiger charge is 2.20. The van der Waals surface area contributed by atoms with Gasteiger partial charge >= 0.3 is 0 Å². The van der Waals surface area contributed by atoms with Crippen LogP contribution >= 0.6 is 0 Å². The molecule has 0 saturated heterocycles. The van der Waals surface area contributed by atoms with Crippen LogP contribution < -0.4 is 0 Å². The van der Waals surface area contributed by atoms with Crippen LogP contribution in [0.15, 0.2) is 36.7 Å². The SMILES string of the molecule is FC=C[C@H]1CC[C@H](c2ccc(F)cc2)CC1. The van der Waals surface area contributed by atoms with Crippen LogP contribution in [-0.2, 0) is 0 Å². The number of halogens is 2. The van der Waals surface area contributed by atoms with Gasteiger partial charge in [0.15, 0.2) is 0 Å². The van der Waals surface area contributed by atoms with Crippen molar-refractivity contribution in [1.82, 2.24) is 0 Å². The average Bonchev–Trinajstić information content (AvgIpc) is 2.32. The molecule has 1 aromatic rings. The third kappa shape index (κ3) is 2.69. The molecule has 0 aliphatic heterocycles. The van der Waals surface area contributed by atoms with Gasteiger partial charge in [0, 0.05) is 0 Å². The minimum absolute atomic E-state index is 0.183. The van der Waals surface area contributed by atoms with E-state index in [0.29, 0.717) is 18.2 Å². The molecule has 0 aromatic heterocycles. The molecular formula is C14H16F2. The van der Waals surface area contributed by atoms with Crippen molar-refractivity contribution in [1.29, 1.82) is 0 Å². The van der Waals surface area contributed by atoms with Crippen LogP contribution in [0, 0.1) is 11.7 Å². The quantitative estimate of drug-likeness (QED) is 0.687. The molecule has 0 unspecified atom stereocenters. The Bertz CT molecular complexity index is 346. The lowest BCUT2D eigenvalue weighted by molar-refractivity contribution is 0.373. The van der Waals surface area contributed by atoms with Crippen LogP contribution in [0.25, 0.3) is 0 Å². The van der Waals surface area contributed by atoms with Crippen molar-refractivity contribution in [2.45, 2.75) is 31.6 Å². The molecule has 0 nitrogen and oxygen atoms in total. The van der Waals surface area contributed by atoms with Crippen LogP contribution in [0.3, 0.4) is 0 Å². The minimum atomic E-state index is -0.183. The molecule has 1 aliphatic rings. The van der Waals surface area contributed by atoms with Crippen LogP contribution in [0.4, 0.5) is 8.78 Å². The van der Waals surface area contributed by atoms with E-state index in [0.717, 1.165) is 25.7 Å². The highest BCUT2D eigenvalue weighted by Crippen LogP contribution is 2.36. The van der Waals surface area contributed by atoms with Gasteiger partial charge in [-0.05, 0) is 55.2 Å². The Kier molecular flexibility index (Phi) is 3.70. The topological polar surface area (TPSA) is 0 Å². The summed E-state index contributed by atoms with van der Waals surface area (Å²) < 4.78 is 24.8. The van der Waals surface area contributed by atoms with E-state index in [1.165, 1.54) is 17.7 Å². The highest BCUT2D eigenvalue weighted by molar-refractivity contribution is 5.21. The first-order valence-corrected chi connectivity index (χ1v) is 5.82. The van der Waals surface area contributed by atoms with E-state index in [4.69, 9.17) is 0 Å². The summed E-state index contributed by atoms with van der Waals surface area (Å²) in [7, 11) is 0. The van der Waals surface area contributed by atoms with Crippen molar-refractivity contribution in [3.05, 3.63) is 48.1 Å². The molecule has 0 bridgehead atoms. The molecule has 0 radical (unpaired) electrons. The zero-order valence-corrected chi connectivity index (χ0v) is 9.20. The minimum Gasteiger partial charge on any atom is -0.216 e.